The summed E-state index contributed by atoms with van der Waals surface area (Å²) < 4.78 is 6.91. The van der Waals surface area contributed by atoms with E-state index < -0.39 is 0 Å². The Morgan fingerprint density at radius 3 is 1.74 bits per heavy atom. The zero-order valence-electron chi connectivity index (χ0n) is 31.9. The van der Waals surface area contributed by atoms with E-state index in [0.29, 0.717) is 5.92 Å². The summed E-state index contributed by atoms with van der Waals surface area (Å²) in [7, 11) is 0. The van der Waals surface area contributed by atoms with Gasteiger partial charge in [0.25, 0.3) is 0 Å². The Morgan fingerprint density at radius 2 is 1.00 bits per heavy atom. The molecule has 274 valence electrons. The van der Waals surface area contributed by atoms with Crippen molar-refractivity contribution in [2.45, 2.75) is 0 Å². The van der Waals surface area contributed by atoms with Crippen LogP contribution in [0.4, 0.5) is 17.1 Å². The first-order valence-corrected chi connectivity index (χ1v) is 20.1. The highest BCUT2D eigenvalue weighted by atomic mass is 16.3. The summed E-state index contributed by atoms with van der Waals surface area (Å²) in [4.78, 5) is 2.40. The van der Waals surface area contributed by atoms with Gasteiger partial charge in [-0.2, -0.15) is 0 Å². The highest BCUT2D eigenvalue weighted by Crippen LogP contribution is 2.48. The smallest absolute Gasteiger partial charge is 0.143 e. The largest absolute Gasteiger partial charge is 0.455 e. The van der Waals surface area contributed by atoms with Crippen LogP contribution in [-0.2, 0) is 0 Å². The Morgan fingerprint density at radius 1 is 0.414 bits per heavy atom. The summed E-state index contributed by atoms with van der Waals surface area (Å²) in [5.74, 6) is 0.616. The van der Waals surface area contributed by atoms with Crippen molar-refractivity contribution in [3.8, 4) is 33.4 Å². The molecule has 2 atom stereocenters. The molecule has 9 aromatic rings. The maximum Gasteiger partial charge on any atom is 0.143 e. The number of hydrogen-bond donors (Lipinski definition) is 0. The molecule has 8 aromatic carbocycles. The summed E-state index contributed by atoms with van der Waals surface area (Å²) >= 11 is 0. The molecule has 58 heavy (non-hydrogen) atoms. The van der Waals surface area contributed by atoms with Gasteiger partial charge in [-0.25, -0.2) is 0 Å². The van der Waals surface area contributed by atoms with Gasteiger partial charge in [-0.1, -0.05) is 182 Å². The fraction of sp³-hybridized carbons (Fsp3) is 0.0357. The van der Waals surface area contributed by atoms with E-state index in [0.717, 1.165) is 50.0 Å². The van der Waals surface area contributed by atoms with Gasteiger partial charge in [0.05, 0.1) is 11.1 Å². The van der Waals surface area contributed by atoms with Crippen LogP contribution < -0.4 is 4.90 Å². The molecule has 2 aliphatic carbocycles. The van der Waals surface area contributed by atoms with Crippen LogP contribution in [0.1, 0.15) is 5.56 Å². The second-order valence-electron chi connectivity index (χ2n) is 15.2. The van der Waals surface area contributed by atoms with Gasteiger partial charge in [0, 0.05) is 34.0 Å². The fourth-order valence-electron chi connectivity index (χ4n) is 9.01. The molecule has 0 saturated heterocycles. The van der Waals surface area contributed by atoms with E-state index in [1.165, 1.54) is 44.3 Å². The van der Waals surface area contributed by atoms with Crippen molar-refractivity contribution in [1.29, 1.82) is 0 Å². The molecule has 0 amide bonds. The molecule has 0 radical (unpaired) electrons. The highest BCUT2D eigenvalue weighted by molar-refractivity contribution is 6.21. The zero-order valence-corrected chi connectivity index (χ0v) is 31.9. The summed E-state index contributed by atoms with van der Waals surface area (Å²) in [5.41, 5.74) is 14.7. The Balaban J connectivity index is 1.11. The summed E-state index contributed by atoms with van der Waals surface area (Å²) in [5, 5.41) is 4.54. The average Bonchev–Trinajstić information content (AvgIpc) is 3.69. The number of nitrogens with zero attached hydrogens (tertiary/aromatic N) is 1. The van der Waals surface area contributed by atoms with Crippen molar-refractivity contribution in [3.05, 3.63) is 230 Å². The van der Waals surface area contributed by atoms with Gasteiger partial charge in [0.2, 0.25) is 0 Å². The molecule has 2 heteroatoms. The number of fused-ring (bicyclic) bond motifs is 6. The van der Waals surface area contributed by atoms with Crippen molar-refractivity contribution in [2.75, 3.05) is 4.90 Å². The van der Waals surface area contributed by atoms with Crippen LogP contribution in [0.25, 0.3) is 71.7 Å². The second kappa shape index (κ2) is 14.3. The molecule has 11 rings (SSSR count). The van der Waals surface area contributed by atoms with E-state index in [4.69, 9.17) is 4.42 Å². The van der Waals surface area contributed by atoms with Crippen LogP contribution in [0.5, 0.6) is 0 Å². The molecule has 1 aromatic heterocycles. The van der Waals surface area contributed by atoms with E-state index in [1.54, 1.807) is 0 Å². The van der Waals surface area contributed by atoms with Gasteiger partial charge in [0.15, 0.2) is 0 Å². The molecule has 0 spiro atoms. The third kappa shape index (κ3) is 5.90. The molecule has 0 saturated carbocycles. The predicted octanol–water partition coefficient (Wildman–Crippen LogP) is 15.5. The first kappa shape index (κ1) is 33.9. The first-order chi connectivity index (χ1) is 28.8. The van der Waals surface area contributed by atoms with E-state index >= 15 is 0 Å². The Labute approximate surface area is 338 Å². The first-order valence-electron chi connectivity index (χ1n) is 20.1. The van der Waals surface area contributed by atoms with Gasteiger partial charge >= 0.3 is 0 Å². The van der Waals surface area contributed by atoms with Crippen LogP contribution in [-0.4, -0.2) is 0 Å². The van der Waals surface area contributed by atoms with Crippen LogP contribution in [0, 0.1) is 11.8 Å². The third-order valence-electron chi connectivity index (χ3n) is 11.8. The van der Waals surface area contributed by atoms with Crippen molar-refractivity contribution < 1.29 is 4.42 Å². The number of anilines is 3. The molecule has 0 N–H and O–H groups in total. The van der Waals surface area contributed by atoms with Crippen LogP contribution in [0.3, 0.4) is 0 Å². The molecular formula is C56H39NO. The van der Waals surface area contributed by atoms with E-state index in [-0.39, 0.29) is 5.92 Å². The van der Waals surface area contributed by atoms with Crippen molar-refractivity contribution in [1.82, 2.24) is 0 Å². The van der Waals surface area contributed by atoms with Gasteiger partial charge in [-0.15, -0.1) is 0 Å². The molecule has 2 nitrogen and oxygen atoms in total. The average molecular weight is 742 g/mol. The fourth-order valence-corrected chi connectivity index (χ4v) is 9.01. The van der Waals surface area contributed by atoms with Crippen molar-refractivity contribution >= 4 is 55.3 Å². The topological polar surface area (TPSA) is 16.4 Å². The lowest BCUT2D eigenvalue weighted by molar-refractivity contribution is 0.672. The standard InChI is InChI=1S/C56H39NO/c1-3-14-38(15-4-1)40-28-30-42(31-29-40)44-20-11-21-46(36-44)57(45-34-32-41(33-35-45)39-16-5-2-6-17-39)53-26-13-27-54-55(53)52-37-51(49-23-9-10-24-50(49)56(52)58-54)48-25-12-19-43-18-7-8-22-47(43)48/h1-37,43,47H. The van der Waals surface area contributed by atoms with E-state index in [2.05, 4.69) is 229 Å². The van der Waals surface area contributed by atoms with Crippen LogP contribution in [0.15, 0.2) is 229 Å². The summed E-state index contributed by atoms with van der Waals surface area (Å²) in [6, 6.07) is 65.5. The molecule has 0 bridgehead atoms. The van der Waals surface area contributed by atoms with Gasteiger partial charge in [-0.3, -0.25) is 0 Å². The lowest BCUT2D eigenvalue weighted by Gasteiger charge is -2.28. The number of furan rings is 1. The minimum atomic E-state index is 0.276. The summed E-state index contributed by atoms with van der Waals surface area (Å²) in [6.45, 7) is 0. The highest BCUT2D eigenvalue weighted by Gasteiger charge is 2.27. The minimum absolute atomic E-state index is 0.276. The van der Waals surface area contributed by atoms with E-state index in [1.807, 2.05) is 0 Å². The quantitative estimate of drug-likeness (QED) is 0.162. The maximum atomic E-state index is 6.91. The van der Waals surface area contributed by atoms with Crippen molar-refractivity contribution in [2.24, 2.45) is 11.8 Å². The SMILES string of the molecule is C1=CC2C=CC=C(c3cc4c(oc5cccc(N(c6ccc(-c7ccccc7)cc6)c6cccc(-c7ccc(-c8ccccc8)cc7)c6)c54)c4ccccc34)C2C=C1. The molecule has 0 fully saturated rings. The van der Waals surface area contributed by atoms with Gasteiger partial charge < -0.3 is 9.32 Å². The third-order valence-corrected chi connectivity index (χ3v) is 11.8. The Hall–Kier alpha value is -7.42. The number of rotatable bonds is 7. The van der Waals surface area contributed by atoms with Gasteiger partial charge in [0.1, 0.15) is 11.2 Å². The monoisotopic (exact) mass is 741 g/mol. The summed E-state index contributed by atoms with van der Waals surface area (Å²) in [6.07, 6.45) is 15.9. The molecule has 2 unspecified atom stereocenters. The lowest BCUT2D eigenvalue weighted by Crippen LogP contribution is -2.15. The lowest BCUT2D eigenvalue weighted by atomic mass is 9.76. The number of allylic oxidation sites excluding steroid dienone is 8. The van der Waals surface area contributed by atoms with Crippen molar-refractivity contribution in [3.63, 3.8) is 0 Å². The number of benzene rings is 8. The van der Waals surface area contributed by atoms with Gasteiger partial charge in [-0.05, 0) is 92.4 Å². The predicted molar refractivity (Wildman–Crippen MR) is 245 cm³/mol. The van der Waals surface area contributed by atoms with Crippen LogP contribution in [0.2, 0.25) is 0 Å². The molecular weight excluding hydrogens is 703 g/mol. The maximum absolute atomic E-state index is 6.91. The Kier molecular flexibility index (Phi) is 8.33. The normalized spacial score (nSPS) is 15.8. The minimum Gasteiger partial charge on any atom is -0.455 e. The Bertz CT molecular complexity index is 3090. The van der Waals surface area contributed by atoms with E-state index in [9.17, 15) is 0 Å². The second-order valence-corrected chi connectivity index (χ2v) is 15.2. The zero-order chi connectivity index (χ0) is 38.4. The molecule has 2 aliphatic rings. The molecule has 0 aliphatic heterocycles. The number of hydrogen-bond acceptors (Lipinski definition) is 2. The molecule has 1 heterocycles. The van der Waals surface area contributed by atoms with Crippen LogP contribution >= 0.6 is 0 Å².